The smallest absolute Gasteiger partial charge is 0.0726 e. The van der Waals surface area contributed by atoms with E-state index in [1.54, 1.807) is 0 Å². The van der Waals surface area contributed by atoms with Gasteiger partial charge in [-0.2, -0.15) is 0 Å². The lowest BCUT2D eigenvalue weighted by molar-refractivity contribution is 0.793. The summed E-state index contributed by atoms with van der Waals surface area (Å²) in [5.74, 6) is 0.267. The van der Waals surface area contributed by atoms with E-state index in [0.29, 0.717) is 0 Å². The van der Waals surface area contributed by atoms with Gasteiger partial charge >= 0.3 is 0 Å². The lowest BCUT2D eigenvalue weighted by atomic mass is 9.70. The van der Waals surface area contributed by atoms with Crippen molar-refractivity contribution in [2.75, 3.05) is 9.80 Å². The largest absolute Gasteiger partial charge is 0.313 e. The molecule has 76 heavy (non-hydrogen) atoms. The van der Waals surface area contributed by atoms with Crippen LogP contribution < -0.4 is 9.80 Å². The van der Waals surface area contributed by atoms with Crippen LogP contribution in [0.3, 0.4) is 0 Å². The van der Waals surface area contributed by atoms with Gasteiger partial charge in [-0.25, -0.2) is 0 Å². The van der Waals surface area contributed by atoms with Gasteiger partial charge in [-0.1, -0.05) is 224 Å². The van der Waals surface area contributed by atoms with Crippen LogP contribution in [-0.2, 0) is 10.8 Å². The van der Waals surface area contributed by atoms with Crippen LogP contribution in [0.2, 0.25) is 0 Å². The molecule has 1 unspecified atom stereocenters. The van der Waals surface area contributed by atoms with E-state index in [1.165, 1.54) is 134 Å². The van der Waals surface area contributed by atoms with Crippen molar-refractivity contribution in [1.29, 1.82) is 0 Å². The average Bonchev–Trinajstić information content (AvgIpc) is 4.32. The van der Waals surface area contributed by atoms with Crippen LogP contribution in [0.15, 0.2) is 279 Å². The van der Waals surface area contributed by atoms with E-state index in [2.05, 4.69) is 283 Å². The van der Waals surface area contributed by atoms with E-state index < -0.39 is 10.8 Å². The highest BCUT2D eigenvalue weighted by atomic mass is 15.2. The number of allylic oxidation sites excluding steroid dienone is 4. The summed E-state index contributed by atoms with van der Waals surface area (Å²) >= 11 is 0. The summed E-state index contributed by atoms with van der Waals surface area (Å²) in [5, 5.41) is 0. The van der Waals surface area contributed by atoms with Gasteiger partial charge in [0, 0.05) is 34.1 Å². The highest BCUT2D eigenvalue weighted by molar-refractivity contribution is 6.05. The Balaban J connectivity index is 0.926. The fraction of sp³-hybridized carbons (Fsp3) is 0.0541. The molecule has 1 aliphatic heterocycles. The number of nitrogens with zero attached hydrogens (tertiary/aromatic N) is 2. The molecule has 17 rings (SSSR count). The second-order valence-corrected chi connectivity index (χ2v) is 21.3. The number of hydrogen-bond donors (Lipinski definition) is 0. The summed E-state index contributed by atoms with van der Waals surface area (Å²) in [4.78, 5) is 5.10. The van der Waals surface area contributed by atoms with Crippen molar-refractivity contribution in [3.63, 3.8) is 0 Å². The van der Waals surface area contributed by atoms with Crippen LogP contribution in [0.4, 0.5) is 28.4 Å². The predicted molar refractivity (Wildman–Crippen MR) is 312 cm³/mol. The van der Waals surface area contributed by atoms with E-state index in [-0.39, 0.29) is 5.92 Å². The molecule has 1 heterocycles. The second kappa shape index (κ2) is 15.5. The standard InChI is InChI=1S/C74H48N2/c1-2-21-48(22-3-1)75-66-39-17-10-29-57(66)70-50(30-18-40-67(70)75)47-43-45-49(46-44-47)76(68-41-19-37-64-71(68)55-27-8-15-35-62(55)73(64)58-31-11-4-23-51(58)52-24-5-12-32-59(52)73)69-42-20-38-65-72(69)56-28-9-16-36-63(56)74(65)60-33-13-6-25-53(60)54-26-7-14-34-61(54)74/h1-28,30-46,57H,29H2. The molecule has 0 aromatic heterocycles. The number of hydrogen-bond acceptors (Lipinski definition) is 2. The first kappa shape index (κ1) is 41.9. The molecule has 1 atom stereocenters. The minimum absolute atomic E-state index is 0.267. The van der Waals surface area contributed by atoms with Crippen LogP contribution in [0.5, 0.6) is 0 Å². The monoisotopic (exact) mass is 964 g/mol. The first-order valence-electron chi connectivity index (χ1n) is 26.9. The molecule has 2 spiro atoms. The van der Waals surface area contributed by atoms with Gasteiger partial charge in [-0.15, -0.1) is 0 Å². The highest BCUT2D eigenvalue weighted by Gasteiger charge is 2.54. The second-order valence-electron chi connectivity index (χ2n) is 21.3. The first-order valence-corrected chi connectivity index (χ1v) is 26.9. The predicted octanol–water partition coefficient (Wildman–Crippen LogP) is 18.6. The number of para-hydroxylation sites is 1. The van der Waals surface area contributed by atoms with Crippen molar-refractivity contribution in [3.05, 3.63) is 329 Å². The molecule has 0 bridgehead atoms. The van der Waals surface area contributed by atoms with Crippen molar-refractivity contribution in [1.82, 2.24) is 0 Å². The first-order chi connectivity index (χ1) is 37.8. The maximum atomic E-state index is 2.62. The molecule has 5 aliphatic carbocycles. The van der Waals surface area contributed by atoms with Gasteiger partial charge in [0.1, 0.15) is 0 Å². The van der Waals surface area contributed by atoms with Gasteiger partial charge in [-0.05, 0) is 150 Å². The van der Waals surface area contributed by atoms with Crippen molar-refractivity contribution in [2.24, 2.45) is 0 Å². The molecule has 11 aromatic carbocycles. The Labute approximate surface area is 443 Å². The van der Waals surface area contributed by atoms with Crippen molar-refractivity contribution in [3.8, 4) is 55.6 Å². The van der Waals surface area contributed by atoms with Gasteiger partial charge in [0.2, 0.25) is 0 Å². The Bertz CT molecular complexity index is 4060. The average molecular weight is 965 g/mol. The quantitative estimate of drug-likeness (QED) is 0.170. The lowest BCUT2D eigenvalue weighted by Crippen LogP contribution is -2.26. The molecule has 2 heteroatoms. The third-order valence-electron chi connectivity index (χ3n) is 18.0. The van der Waals surface area contributed by atoms with Crippen LogP contribution in [-0.4, -0.2) is 0 Å². The molecule has 2 nitrogen and oxygen atoms in total. The Morgan fingerprint density at radius 1 is 0.355 bits per heavy atom. The minimum atomic E-state index is -0.486. The maximum Gasteiger partial charge on any atom is 0.0726 e. The van der Waals surface area contributed by atoms with E-state index in [0.717, 1.165) is 12.1 Å². The summed E-state index contributed by atoms with van der Waals surface area (Å²) in [6, 6.07) is 96.6. The van der Waals surface area contributed by atoms with E-state index >= 15 is 0 Å². The Hall–Kier alpha value is -9.50. The van der Waals surface area contributed by atoms with Crippen LogP contribution in [0.25, 0.3) is 55.6 Å². The molecule has 0 amide bonds. The highest BCUT2D eigenvalue weighted by Crippen LogP contribution is 2.68. The van der Waals surface area contributed by atoms with Crippen molar-refractivity contribution < 1.29 is 0 Å². The summed E-state index contributed by atoms with van der Waals surface area (Å²) in [6.45, 7) is 0. The van der Waals surface area contributed by atoms with E-state index in [9.17, 15) is 0 Å². The summed E-state index contributed by atoms with van der Waals surface area (Å²) in [6.07, 6.45) is 7.85. The number of fused-ring (bicyclic) bond motifs is 23. The fourth-order valence-electron chi connectivity index (χ4n) is 15.3. The summed E-state index contributed by atoms with van der Waals surface area (Å²) in [7, 11) is 0. The van der Waals surface area contributed by atoms with Crippen molar-refractivity contribution in [2.45, 2.75) is 23.2 Å². The van der Waals surface area contributed by atoms with Gasteiger partial charge in [-0.3, -0.25) is 0 Å². The Morgan fingerprint density at radius 3 is 1.26 bits per heavy atom. The number of anilines is 5. The molecule has 0 fully saturated rings. The lowest BCUT2D eigenvalue weighted by Gasteiger charge is -2.33. The molecule has 0 saturated carbocycles. The number of rotatable bonds is 5. The molecule has 354 valence electrons. The van der Waals surface area contributed by atoms with Crippen molar-refractivity contribution >= 4 is 28.4 Å². The van der Waals surface area contributed by atoms with E-state index in [4.69, 9.17) is 0 Å². The van der Waals surface area contributed by atoms with Gasteiger partial charge in [0.05, 0.1) is 27.9 Å². The van der Waals surface area contributed by atoms with Gasteiger partial charge in [0.25, 0.3) is 0 Å². The molecule has 0 saturated heterocycles. The summed E-state index contributed by atoms with van der Waals surface area (Å²) in [5.41, 5.74) is 31.2. The van der Waals surface area contributed by atoms with Crippen LogP contribution in [0, 0.1) is 0 Å². The zero-order valence-corrected chi connectivity index (χ0v) is 41.7. The molecule has 0 radical (unpaired) electrons. The number of benzene rings is 11. The minimum Gasteiger partial charge on any atom is -0.313 e. The third-order valence-corrected chi connectivity index (χ3v) is 18.0. The maximum absolute atomic E-state index is 2.62. The SMILES string of the molecule is C1=CCC2C(=C1)N(c1ccccc1)c1cccc(-c3ccc(N(c4cccc5c4-c4ccccc4C54c5ccccc5-c5ccccc54)c4cccc5c4-c4ccccc4C54c5ccccc5-c5ccccc54)cc3)c12. The third kappa shape index (κ3) is 5.21. The zero-order valence-electron chi connectivity index (χ0n) is 41.7. The molecular formula is C74H48N2. The van der Waals surface area contributed by atoms with Crippen LogP contribution in [0.1, 0.15) is 62.4 Å². The molecule has 6 aliphatic rings. The normalized spacial score (nSPS) is 16.2. The molecular weight excluding hydrogens is 917 g/mol. The molecule has 0 N–H and O–H groups in total. The summed E-state index contributed by atoms with van der Waals surface area (Å²) < 4.78 is 0. The Kier molecular flexibility index (Phi) is 8.56. The van der Waals surface area contributed by atoms with Gasteiger partial charge < -0.3 is 9.80 Å². The molecule has 11 aromatic rings. The fourth-order valence-corrected chi connectivity index (χ4v) is 15.3. The van der Waals surface area contributed by atoms with E-state index in [1.807, 2.05) is 0 Å². The van der Waals surface area contributed by atoms with Gasteiger partial charge in [0.15, 0.2) is 0 Å². The topological polar surface area (TPSA) is 6.48 Å². The zero-order chi connectivity index (χ0) is 49.7. The Morgan fingerprint density at radius 2 is 0.763 bits per heavy atom. The van der Waals surface area contributed by atoms with Crippen LogP contribution >= 0.6 is 0 Å².